The third kappa shape index (κ3) is 2.37. The Morgan fingerprint density at radius 2 is 2.17 bits per heavy atom. The normalized spacial score (nSPS) is 23.1. The van der Waals surface area contributed by atoms with Crippen LogP contribution in [0.5, 0.6) is 5.75 Å². The number of hydrogen-bond acceptors (Lipinski definition) is 5. The van der Waals surface area contributed by atoms with Crippen LogP contribution in [0.3, 0.4) is 0 Å². The van der Waals surface area contributed by atoms with E-state index >= 15 is 0 Å². The van der Waals surface area contributed by atoms with Gasteiger partial charge in [-0.15, -0.1) is 0 Å². The molecule has 0 radical (unpaired) electrons. The molecule has 0 saturated carbocycles. The van der Waals surface area contributed by atoms with Gasteiger partial charge >= 0.3 is 0 Å². The number of ether oxygens (including phenoxy) is 1. The Bertz CT molecular complexity index is 715. The number of hydrogen-bond donors (Lipinski definition) is 1. The molecule has 0 bridgehead atoms. The zero-order chi connectivity index (χ0) is 15.8. The van der Waals surface area contributed by atoms with Gasteiger partial charge in [0.1, 0.15) is 11.4 Å². The second-order valence-electron chi connectivity index (χ2n) is 5.98. The molecule has 1 aromatic carbocycles. The third-order valence-corrected chi connectivity index (χ3v) is 4.75. The Morgan fingerprint density at radius 3 is 2.91 bits per heavy atom. The van der Waals surface area contributed by atoms with Crippen molar-refractivity contribution in [3.05, 3.63) is 36.2 Å². The summed E-state index contributed by atoms with van der Waals surface area (Å²) < 4.78 is 5.27. The number of amides is 1. The van der Waals surface area contributed by atoms with E-state index in [9.17, 15) is 4.79 Å². The van der Waals surface area contributed by atoms with Crippen molar-refractivity contribution in [3.8, 4) is 11.4 Å². The van der Waals surface area contributed by atoms with Gasteiger partial charge in [-0.2, -0.15) is 15.0 Å². The van der Waals surface area contributed by atoms with Crippen LogP contribution >= 0.6 is 0 Å². The minimum Gasteiger partial charge on any atom is -0.497 e. The molecule has 0 unspecified atom stereocenters. The Hall–Kier alpha value is -2.41. The molecule has 120 valence electrons. The Balaban J connectivity index is 1.67. The molecule has 23 heavy (non-hydrogen) atoms. The summed E-state index contributed by atoms with van der Waals surface area (Å²) in [4.78, 5) is 16.4. The van der Waals surface area contributed by atoms with Crippen molar-refractivity contribution in [2.45, 2.75) is 12.5 Å². The zero-order valence-electron chi connectivity index (χ0n) is 13.0. The largest absolute Gasteiger partial charge is 0.497 e. The van der Waals surface area contributed by atoms with E-state index in [1.165, 1.54) is 4.80 Å². The highest BCUT2D eigenvalue weighted by atomic mass is 16.5. The number of carbonyl (C=O) groups is 1. The lowest BCUT2D eigenvalue weighted by Gasteiger charge is -2.51. The maximum atomic E-state index is 13.0. The predicted octanol–water partition coefficient (Wildman–Crippen LogP) is 0.710. The van der Waals surface area contributed by atoms with E-state index in [1.807, 2.05) is 4.90 Å². The molecule has 2 aliphatic heterocycles. The molecular weight excluding hydrogens is 294 g/mol. The fourth-order valence-electron chi connectivity index (χ4n) is 3.44. The molecule has 7 heteroatoms. The molecular formula is C16H19N5O2. The van der Waals surface area contributed by atoms with Gasteiger partial charge in [-0.25, -0.2) is 0 Å². The zero-order valence-corrected chi connectivity index (χ0v) is 13.0. The molecule has 0 aliphatic carbocycles. The van der Waals surface area contributed by atoms with E-state index in [-0.39, 0.29) is 5.91 Å². The quantitative estimate of drug-likeness (QED) is 0.903. The molecule has 2 aromatic rings. The van der Waals surface area contributed by atoms with Crippen LogP contribution in [0.15, 0.2) is 30.6 Å². The smallest absolute Gasteiger partial charge is 0.256 e. The van der Waals surface area contributed by atoms with Crippen LogP contribution in [-0.4, -0.2) is 58.6 Å². The number of likely N-dealkylation sites (tertiary alicyclic amines) is 1. The van der Waals surface area contributed by atoms with E-state index in [2.05, 4.69) is 15.5 Å². The van der Waals surface area contributed by atoms with Gasteiger partial charge in [0.25, 0.3) is 5.91 Å². The first-order valence-electron chi connectivity index (χ1n) is 7.84. The SMILES string of the molecule is COc1ccc(C(=O)N2C[C@H]3CCNC[C@H]32)c(-n2nccn2)c1. The predicted molar refractivity (Wildman–Crippen MR) is 83.7 cm³/mol. The monoisotopic (exact) mass is 313 g/mol. The summed E-state index contributed by atoms with van der Waals surface area (Å²) in [7, 11) is 1.60. The van der Waals surface area contributed by atoms with Crippen LogP contribution in [0.2, 0.25) is 0 Å². The minimum absolute atomic E-state index is 0.0323. The summed E-state index contributed by atoms with van der Waals surface area (Å²) >= 11 is 0. The first kappa shape index (κ1) is 14.2. The number of piperidine rings is 1. The van der Waals surface area contributed by atoms with Crippen LogP contribution in [0, 0.1) is 5.92 Å². The lowest BCUT2D eigenvalue weighted by Crippen LogP contribution is -2.65. The molecule has 2 atom stereocenters. The number of nitrogens with zero attached hydrogens (tertiary/aromatic N) is 4. The second kappa shape index (κ2) is 5.66. The molecule has 0 spiro atoms. The molecule has 7 nitrogen and oxygen atoms in total. The molecule has 1 aromatic heterocycles. The summed E-state index contributed by atoms with van der Waals surface area (Å²) in [5, 5.41) is 11.7. The van der Waals surface area contributed by atoms with Crippen LogP contribution in [-0.2, 0) is 0 Å². The van der Waals surface area contributed by atoms with Crippen LogP contribution in [0.1, 0.15) is 16.8 Å². The molecule has 3 heterocycles. The maximum Gasteiger partial charge on any atom is 0.256 e. The van der Waals surface area contributed by atoms with E-state index in [0.717, 1.165) is 26.1 Å². The molecule has 4 rings (SSSR count). The van der Waals surface area contributed by atoms with Crippen LogP contribution in [0.4, 0.5) is 0 Å². The molecule has 1 N–H and O–H groups in total. The molecule has 1 amide bonds. The van der Waals surface area contributed by atoms with Crippen molar-refractivity contribution in [2.75, 3.05) is 26.7 Å². The van der Waals surface area contributed by atoms with E-state index in [1.54, 1.807) is 37.7 Å². The maximum absolute atomic E-state index is 13.0. The second-order valence-corrected chi connectivity index (χ2v) is 5.98. The van der Waals surface area contributed by atoms with Gasteiger partial charge in [0.15, 0.2) is 0 Å². The lowest BCUT2D eigenvalue weighted by atomic mass is 9.82. The van der Waals surface area contributed by atoms with E-state index < -0.39 is 0 Å². The minimum atomic E-state index is 0.0323. The van der Waals surface area contributed by atoms with E-state index in [4.69, 9.17) is 4.74 Å². The number of aromatic nitrogens is 3. The summed E-state index contributed by atoms with van der Waals surface area (Å²) in [5.74, 6) is 1.34. The third-order valence-electron chi connectivity index (χ3n) is 4.75. The van der Waals surface area contributed by atoms with Crippen molar-refractivity contribution in [1.82, 2.24) is 25.2 Å². The Morgan fingerprint density at radius 1 is 1.35 bits per heavy atom. The highest BCUT2D eigenvalue weighted by Gasteiger charge is 2.43. The van der Waals surface area contributed by atoms with Crippen molar-refractivity contribution in [3.63, 3.8) is 0 Å². The number of methoxy groups -OCH3 is 1. The topological polar surface area (TPSA) is 72.3 Å². The Labute approximate surface area is 134 Å². The fourth-order valence-corrected chi connectivity index (χ4v) is 3.44. The van der Waals surface area contributed by atoms with E-state index in [0.29, 0.717) is 29.0 Å². The summed E-state index contributed by atoms with van der Waals surface area (Å²) in [6, 6.07) is 5.70. The standard InChI is InChI=1S/C16H19N5O2/c1-23-12-2-3-13(14(8-12)21-18-6-7-19-21)16(22)20-10-11-4-5-17-9-15(11)20/h2-3,6-8,11,15,17H,4-5,9-10H2,1H3/t11-,15-/m1/s1. The van der Waals surface area contributed by atoms with Gasteiger partial charge in [-0.3, -0.25) is 4.79 Å². The van der Waals surface area contributed by atoms with Crippen molar-refractivity contribution in [2.24, 2.45) is 5.92 Å². The summed E-state index contributed by atoms with van der Waals surface area (Å²) in [6.07, 6.45) is 4.33. The van der Waals surface area contributed by atoms with Crippen LogP contribution in [0.25, 0.3) is 5.69 Å². The highest BCUT2D eigenvalue weighted by Crippen LogP contribution is 2.32. The van der Waals surface area contributed by atoms with Gasteiger partial charge in [0.05, 0.1) is 25.1 Å². The average molecular weight is 313 g/mol. The van der Waals surface area contributed by atoms with Gasteiger partial charge in [-0.05, 0) is 31.0 Å². The summed E-state index contributed by atoms with van der Waals surface area (Å²) in [5.41, 5.74) is 1.25. The first-order chi connectivity index (χ1) is 11.3. The average Bonchev–Trinajstić information content (AvgIpc) is 3.09. The fraction of sp³-hybridized carbons (Fsp3) is 0.438. The van der Waals surface area contributed by atoms with Gasteiger partial charge < -0.3 is 15.0 Å². The number of carbonyl (C=O) groups excluding carboxylic acids is 1. The number of rotatable bonds is 3. The van der Waals surface area contributed by atoms with Crippen molar-refractivity contribution < 1.29 is 9.53 Å². The van der Waals surface area contributed by atoms with Gasteiger partial charge in [0.2, 0.25) is 0 Å². The lowest BCUT2D eigenvalue weighted by molar-refractivity contribution is 0.00279. The first-order valence-corrected chi connectivity index (χ1v) is 7.84. The Kier molecular flexibility index (Phi) is 3.49. The van der Waals surface area contributed by atoms with Gasteiger partial charge in [-0.1, -0.05) is 0 Å². The van der Waals surface area contributed by atoms with Crippen LogP contribution < -0.4 is 10.1 Å². The molecule has 2 saturated heterocycles. The highest BCUT2D eigenvalue weighted by molar-refractivity contribution is 5.98. The van der Waals surface area contributed by atoms with Gasteiger partial charge in [0, 0.05) is 25.2 Å². The summed E-state index contributed by atoms with van der Waals surface area (Å²) in [6.45, 7) is 2.76. The number of fused-ring (bicyclic) bond motifs is 1. The number of benzene rings is 1. The molecule has 2 aliphatic rings. The van der Waals surface area contributed by atoms with Crippen molar-refractivity contribution >= 4 is 5.91 Å². The molecule has 2 fully saturated rings. The van der Waals surface area contributed by atoms with Crippen molar-refractivity contribution in [1.29, 1.82) is 0 Å². The number of nitrogens with one attached hydrogen (secondary N) is 1.